The van der Waals surface area contributed by atoms with Gasteiger partial charge in [0.25, 0.3) is 0 Å². The third-order valence-corrected chi connectivity index (χ3v) is 6.63. The fourth-order valence-corrected chi connectivity index (χ4v) is 5.17. The molecule has 1 aliphatic heterocycles. The summed E-state index contributed by atoms with van der Waals surface area (Å²) in [5, 5.41) is 3.81. The van der Waals surface area contributed by atoms with E-state index in [2.05, 4.69) is 108 Å². The lowest BCUT2D eigenvalue weighted by molar-refractivity contribution is 0.401. The van der Waals surface area contributed by atoms with Crippen LogP contribution in [0.2, 0.25) is 0 Å². The lowest BCUT2D eigenvalue weighted by Gasteiger charge is -2.33. The van der Waals surface area contributed by atoms with Crippen molar-refractivity contribution in [2.45, 2.75) is 31.2 Å². The zero-order valence-corrected chi connectivity index (χ0v) is 17.4. The molecule has 0 saturated carbocycles. The highest BCUT2D eigenvalue weighted by molar-refractivity contribution is 5.69. The molecule has 2 aliphatic rings. The molecule has 1 heteroatoms. The summed E-state index contributed by atoms with van der Waals surface area (Å²) in [6.07, 6.45) is 10.6. The Morgan fingerprint density at radius 2 is 1.50 bits per heavy atom. The monoisotopic (exact) mass is 391 g/mol. The van der Waals surface area contributed by atoms with Gasteiger partial charge in [0.1, 0.15) is 0 Å². The molecule has 30 heavy (non-hydrogen) atoms. The van der Waals surface area contributed by atoms with Crippen molar-refractivity contribution in [2.24, 2.45) is 5.92 Å². The number of allylic oxidation sites excluding steroid dienone is 4. The standard InChI is InChI=1S/C29H29N/c1-3-10-22(11-4-1)24-14-7-16-26(20-24)29(28-18-9-19-30-28)27-17-8-15-25(21-27)23-12-5-2-6-13-23/h1-8,10-17,20,27-30H,9,18-19,21H2. The van der Waals surface area contributed by atoms with Gasteiger partial charge < -0.3 is 5.32 Å². The van der Waals surface area contributed by atoms with Crippen LogP contribution in [0, 0.1) is 5.92 Å². The van der Waals surface area contributed by atoms with E-state index in [9.17, 15) is 0 Å². The second-order valence-corrected chi connectivity index (χ2v) is 8.53. The minimum absolute atomic E-state index is 0.486. The summed E-state index contributed by atoms with van der Waals surface area (Å²) in [6.45, 7) is 1.14. The summed E-state index contributed by atoms with van der Waals surface area (Å²) in [6, 6.07) is 31.4. The zero-order valence-electron chi connectivity index (χ0n) is 17.4. The predicted octanol–water partition coefficient (Wildman–Crippen LogP) is 6.85. The molecule has 3 aromatic rings. The van der Waals surface area contributed by atoms with Crippen molar-refractivity contribution in [3.8, 4) is 11.1 Å². The molecule has 1 saturated heterocycles. The average Bonchev–Trinajstić information content (AvgIpc) is 3.35. The normalized spacial score (nSPS) is 21.9. The Labute approximate surface area is 180 Å². The molecule has 1 nitrogen and oxygen atoms in total. The molecule has 1 N–H and O–H groups in total. The van der Waals surface area contributed by atoms with Crippen LogP contribution >= 0.6 is 0 Å². The van der Waals surface area contributed by atoms with Gasteiger partial charge in [-0.3, -0.25) is 0 Å². The molecule has 0 bridgehead atoms. The number of benzene rings is 3. The fourth-order valence-electron chi connectivity index (χ4n) is 5.17. The third kappa shape index (κ3) is 4.04. The van der Waals surface area contributed by atoms with E-state index in [-0.39, 0.29) is 0 Å². The summed E-state index contributed by atoms with van der Waals surface area (Å²) in [5.74, 6) is 0.992. The van der Waals surface area contributed by atoms with Gasteiger partial charge in [0.05, 0.1) is 0 Å². The molecular formula is C29H29N. The van der Waals surface area contributed by atoms with Crippen molar-refractivity contribution in [2.75, 3.05) is 6.54 Å². The molecular weight excluding hydrogens is 362 g/mol. The van der Waals surface area contributed by atoms with Crippen LogP contribution in [0.3, 0.4) is 0 Å². The average molecular weight is 392 g/mol. The molecule has 3 atom stereocenters. The Morgan fingerprint density at radius 1 is 0.767 bits per heavy atom. The predicted molar refractivity (Wildman–Crippen MR) is 127 cm³/mol. The van der Waals surface area contributed by atoms with Crippen LogP contribution in [-0.2, 0) is 0 Å². The molecule has 1 fully saturated rings. The minimum atomic E-state index is 0.486. The van der Waals surface area contributed by atoms with E-state index in [0.717, 1.165) is 13.0 Å². The van der Waals surface area contributed by atoms with Crippen molar-refractivity contribution in [1.82, 2.24) is 5.32 Å². The largest absolute Gasteiger partial charge is 0.313 e. The van der Waals surface area contributed by atoms with Crippen molar-refractivity contribution in [3.05, 3.63) is 114 Å². The van der Waals surface area contributed by atoms with Crippen LogP contribution in [-0.4, -0.2) is 12.6 Å². The Morgan fingerprint density at radius 3 is 2.23 bits per heavy atom. The molecule has 0 aromatic heterocycles. The van der Waals surface area contributed by atoms with Crippen molar-refractivity contribution >= 4 is 5.57 Å². The van der Waals surface area contributed by atoms with Crippen LogP contribution in [0.15, 0.2) is 103 Å². The van der Waals surface area contributed by atoms with Gasteiger partial charge in [0.15, 0.2) is 0 Å². The van der Waals surface area contributed by atoms with E-state index in [1.807, 2.05) is 0 Å². The Balaban J connectivity index is 1.48. The first-order valence-electron chi connectivity index (χ1n) is 11.2. The maximum Gasteiger partial charge on any atom is 0.0142 e. The van der Waals surface area contributed by atoms with Gasteiger partial charge in [-0.05, 0) is 59.6 Å². The van der Waals surface area contributed by atoms with Gasteiger partial charge in [0.2, 0.25) is 0 Å². The highest BCUT2D eigenvalue weighted by Gasteiger charge is 2.33. The highest BCUT2D eigenvalue weighted by Crippen LogP contribution is 2.41. The van der Waals surface area contributed by atoms with E-state index in [4.69, 9.17) is 0 Å². The van der Waals surface area contributed by atoms with Gasteiger partial charge in [-0.25, -0.2) is 0 Å². The van der Waals surface area contributed by atoms with Crippen LogP contribution in [0.4, 0.5) is 0 Å². The van der Waals surface area contributed by atoms with E-state index >= 15 is 0 Å². The van der Waals surface area contributed by atoms with E-state index in [1.165, 1.54) is 40.7 Å². The maximum atomic E-state index is 3.81. The van der Waals surface area contributed by atoms with Crippen LogP contribution in [0.1, 0.15) is 36.3 Å². The molecule has 0 radical (unpaired) electrons. The number of nitrogens with one attached hydrogen (secondary N) is 1. The van der Waals surface area contributed by atoms with Crippen molar-refractivity contribution in [1.29, 1.82) is 0 Å². The summed E-state index contributed by atoms with van der Waals surface area (Å²) in [7, 11) is 0. The van der Waals surface area contributed by atoms with E-state index in [0.29, 0.717) is 17.9 Å². The Hall–Kier alpha value is -2.90. The summed E-state index contributed by atoms with van der Waals surface area (Å²) >= 11 is 0. The topological polar surface area (TPSA) is 12.0 Å². The maximum absolute atomic E-state index is 3.81. The number of rotatable bonds is 5. The summed E-state index contributed by atoms with van der Waals surface area (Å²) < 4.78 is 0. The molecule has 1 heterocycles. The first-order chi connectivity index (χ1) is 14.9. The third-order valence-electron chi connectivity index (χ3n) is 6.63. The zero-order chi connectivity index (χ0) is 20.2. The highest BCUT2D eigenvalue weighted by atomic mass is 14.9. The molecule has 1 aliphatic carbocycles. The molecule has 150 valence electrons. The van der Waals surface area contributed by atoms with Gasteiger partial charge in [-0.15, -0.1) is 0 Å². The summed E-state index contributed by atoms with van der Waals surface area (Å²) in [5.41, 5.74) is 6.87. The van der Waals surface area contributed by atoms with Crippen LogP contribution < -0.4 is 5.32 Å². The van der Waals surface area contributed by atoms with Gasteiger partial charge >= 0.3 is 0 Å². The lowest BCUT2D eigenvalue weighted by Crippen LogP contribution is -2.33. The minimum Gasteiger partial charge on any atom is -0.313 e. The molecule has 3 aromatic carbocycles. The van der Waals surface area contributed by atoms with Crippen LogP contribution in [0.25, 0.3) is 16.7 Å². The molecule has 5 rings (SSSR count). The Kier molecular flexibility index (Phi) is 5.63. The molecule has 0 spiro atoms. The van der Waals surface area contributed by atoms with Crippen molar-refractivity contribution < 1.29 is 0 Å². The van der Waals surface area contributed by atoms with Crippen LogP contribution in [0.5, 0.6) is 0 Å². The quantitative estimate of drug-likeness (QED) is 0.501. The fraction of sp³-hybridized carbons (Fsp3) is 0.241. The number of hydrogen-bond donors (Lipinski definition) is 1. The second-order valence-electron chi connectivity index (χ2n) is 8.53. The molecule has 3 unspecified atom stereocenters. The Bertz CT molecular complexity index is 1030. The number of hydrogen-bond acceptors (Lipinski definition) is 1. The van der Waals surface area contributed by atoms with E-state index < -0.39 is 0 Å². The first-order valence-corrected chi connectivity index (χ1v) is 11.2. The molecule has 0 amide bonds. The second kappa shape index (κ2) is 8.85. The SMILES string of the molecule is C1=CC(C(c2cccc(-c3ccccc3)c2)C2CCCN2)CC(c2ccccc2)=C1. The van der Waals surface area contributed by atoms with E-state index in [1.54, 1.807) is 0 Å². The van der Waals surface area contributed by atoms with Gasteiger partial charge in [-0.2, -0.15) is 0 Å². The smallest absolute Gasteiger partial charge is 0.0142 e. The summed E-state index contributed by atoms with van der Waals surface area (Å²) in [4.78, 5) is 0. The first kappa shape index (κ1) is 19.1. The van der Waals surface area contributed by atoms with Gasteiger partial charge in [0, 0.05) is 12.0 Å². The van der Waals surface area contributed by atoms with Crippen molar-refractivity contribution in [3.63, 3.8) is 0 Å². The van der Waals surface area contributed by atoms with Gasteiger partial charge in [-0.1, -0.05) is 103 Å². The lowest BCUT2D eigenvalue weighted by atomic mass is 9.74.